The summed E-state index contributed by atoms with van der Waals surface area (Å²) in [5.41, 5.74) is 1.39. The van der Waals surface area contributed by atoms with Crippen LogP contribution in [0.1, 0.15) is 12.8 Å². The number of rotatable bonds is 2. The van der Waals surface area contributed by atoms with Gasteiger partial charge in [0.2, 0.25) is 0 Å². The van der Waals surface area contributed by atoms with Gasteiger partial charge in [0, 0.05) is 6.54 Å². The third-order valence-electron chi connectivity index (χ3n) is 1.67. The number of allylic oxidation sites excluding steroid dienone is 4. The second-order valence-electron chi connectivity index (χ2n) is 2.65. The average Bonchev–Trinajstić information content (AvgIpc) is 1.94. The first-order valence-electron chi connectivity index (χ1n) is 4.08. The summed E-state index contributed by atoms with van der Waals surface area (Å²) in [4.78, 5) is 0. The van der Waals surface area contributed by atoms with E-state index in [4.69, 9.17) is 0 Å². The van der Waals surface area contributed by atoms with Crippen molar-refractivity contribution in [2.24, 2.45) is 0 Å². The highest BCUT2D eigenvalue weighted by atomic mass is 14.8. The average molecular weight is 149 g/mol. The van der Waals surface area contributed by atoms with Gasteiger partial charge in [-0.3, -0.25) is 0 Å². The van der Waals surface area contributed by atoms with Gasteiger partial charge in [-0.25, -0.2) is 0 Å². The summed E-state index contributed by atoms with van der Waals surface area (Å²) in [5, 5.41) is 3.14. The predicted molar refractivity (Wildman–Crippen MR) is 49.5 cm³/mol. The van der Waals surface area contributed by atoms with Gasteiger partial charge in [-0.2, -0.15) is 0 Å². The van der Waals surface area contributed by atoms with Gasteiger partial charge in [-0.1, -0.05) is 30.4 Å². The van der Waals surface area contributed by atoms with Gasteiger partial charge < -0.3 is 5.32 Å². The van der Waals surface area contributed by atoms with Crippen molar-refractivity contribution in [1.82, 2.24) is 5.32 Å². The topological polar surface area (TPSA) is 12.0 Å². The van der Waals surface area contributed by atoms with Crippen molar-refractivity contribution < 1.29 is 0 Å². The van der Waals surface area contributed by atoms with E-state index in [0.717, 1.165) is 19.4 Å². The van der Waals surface area contributed by atoms with Gasteiger partial charge in [0.1, 0.15) is 0 Å². The summed E-state index contributed by atoms with van der Waals surface area (Å²) in [5.74, 6) is 0. The Kier molecular flexibility index (Phi) is 3.70. The van der Waals surface area contributed by atoms with Crippen LogP contribution in [0.25, 0.3) is 0 Å². The Bertz CT molecular complexity index is 187. The third kappa shape index (κ3) is 3.19. The molecule has 0 aromatic rings. The molecule has 1 aliphatic carbocycles. The molecule has 1 aliphatic rings. The Morgan fingerprint density at radius 2 is 2.09 bits per heavy atom. The fraction of sp³-hybridized carbons (Fsp3) is 0.400. The molecule has 60 valence electrons. The van der Waals surface area contributed by atoms with Crippen LogP contribution < -0.4 is 5.32 Å². The van der Waals surface area contributed by atoms with Crippen LogP contribution in [-0.4, -0.2) is 13.6 Å². The Labute approximate surface area is 68.5 Å². The van der Waals surface area contributed by atoms with E-state index in [1.54, 1.807) is 0 Å². The molecule has 1 N–H and O–H groups in total. The van der Waals surface area contributed by atoms with E-state index < -0.39 is 0 Å². The fourth-order valence-electron chi connectivity index (χ4n) is 1.11. The molecule has 0 heterocycles. The smallest absolute Gasteiger partial charge is 0.0199 e. The highest BCUT2D eigenvalue weighted by Crippen LogP contribution is 2.03. The normalized spacial score (nSPS) is 25.0. The van der Waals surface area contributed by atoms with Crippen molar-refractivity contribution >= 4 is 0 Å². The largest absolute Gasteiger partial charge is 0.316 e. The predicted octanol–water partition coefficient (Wildman–Crippen LogP) is 2.04. The first kappa shape index (κ1) is 8.28. The lowest BCUT2D eigenvalue weighted by Gasteiger charge is -2.01. The summed E-state index contributed by atoms with van der Waals surface area (Å²) < 4.78 is 0. The van der Waals surface area contributed by atoms with Crippen molar-refractivity contribution in [3.63, 3.8) is 0 Å². The van der Waals surface area contributed by atoms with Gasteiger partial charge in [0.15, 0.2) is 0 Å². The Balaban J connectivity index is 2.54. The summed E-state index contributed by atoms with van der Waals surface area (Å²) in [6, 6.07) is 0. The van der Waals surface area contributed by atoms with Crippen LogP contribution in [-0.2, 0) is 0 Å². The zero-order valence-electron chi connectivity index (χ0n) is 7.01. The Morgan fingerprint density at radius 1 is 1.27 bits per heavy atom. The molecule has 0 unspecified atom stereocenters. The Morgan fingerprint density at radius 3 is 2.91 bits per heavy atom. The first-order chi connectivity index (χ1) is 5.43. The minimum absolute atomic E-state index is 0.977. The summed E-state index contributed by atoms with van der Waals surface area (Å²) in [7, 11) is 1.98. The Hall–Kier alpha value is -0.820. The summed E-state index contributed by atoms with van der Waals surface area (Å²) >= 11 is 0. The van der Waals surface area contributed by atoms with E-state index in [2.05, 4.69) is 35.7 Å². The maximum absolute atomic E-state index is 3.14. The maximum atomic E-state index is 3.14. The van der Waals surface area contributed by atoms with Crippen molar-refractivity contribution in [2.45, 2.75) is 12.8 Å². The molecule has 1 heteroatoms. The lowest BCUT2D eigenvalue weighted by atomic mass is 10.1. The lowest BCUT2D eigenvalue weighted by molar-refractivity contribution is 0.890. The molecule has 0 radical (unpaired) electrons. The SMILES string of the molecule is CNCC1=C/CC=CC/C=C\1. The molecule has 0 saturated carbocycles. The fourth-order valence-corrected chi connectivity index (χ4v) is 1.11. The highest BCUT2D eigenvalue weighted by molar-refractivity contribution is 5.23. The molecule has 11 heavy (non-hydrogen) atoms. The molecule has 0 amide bonds. The minimum atomic E-state index is 0.977. The summed E-state index contributed by atoms with van der Waals surface area (Å²) in [6.45, 7) is 0.977. The van der Waals surface area contributed by atoms with Gasteiger partial charge in [-0.15, -0.1) is 0 Å². The zero-order valence-corrected chi connectivity index (χ0v) is 7.01. The van der Waals surface area contributed by atoms with Crippen LogP contribution in [0.4, 0.5) is 0 Å². The van der Waals surface area contributed by atoms with Crippen LogP contribution in [0.3, 0.4) is 0 Å². The van der Waals surface area contributed by atoms with Gasteiger partial charge in [-0.05, 0) is 25.5 Å². The van der Waals surface area contributed by atoms with Gasteiger partial charge >= 0.3 is 0 Å². The second kappa shape index (κ2) is 4.91. The van der Waals surface area contributed by atoms with Crippen molar-refractivity contribution in [2.75, 3.05) is 13.6 Å². The van der Waals surface area contributed by atoms with Crippen LogP contribution in [0.2, 0.25) is 0 Å². The van der Waals surface area contributed by atoms with Gasteiger partial charge in [0.05, 0.1) is 0 Å². The first-order valence-corrected chi connectivity index (χ1v) is 4.08. The number of hydrogen-bond donors (Lipinski definition) is 1. The molecule has 0 fully saturated rings. The lowest BCUT2D eigenvalue weighted by Crippen LogP contribution is -2.09. The molecular formula is C10H15N. The van der Waals surface area contributed by atoms with Crippen molar-refractivity contribution in [3.8, 4) is 0 Å². The van der Waals surface area contributed by atoms with Crippen LogP contribution in [0.15, 0.2) is 36.0 Å². The number of hydrogen-bond acceptors (Lipinski definition) is 1. The van der Waals surface area contributed by atoms with Crippen LogP contribution in [0.5, 0.6) is 0 Å². The molecule has 0 bridgehead atoms. The molecule has 1 rings (SSSR count). The minimum Gasteiger partial charge on any atom is -0.316 e. The van der Waals surface area contributed by atoms with Crippen molar-refractivity contribution in [1.29, 1.82) is 0 Å². The van der Waals surface area contributed by atoms with Crippen molar-refractivity contribution in [3.05, 3.63) is 36.0 Å². The molecule has 0 spiro atoms. The van der Waals surface area contributed by atoms with E-state index >= 15 is 0 Å². The van der Waals surface area contributed by atoms with Crippen LogP contribution in [0, 0.1) is 0 Å². The molecule has 0 saturated heterocycles. The molecule has 0 aromatic carbocycles. The molecule has 1 nitrogen and oxygen atoms in total. The van der Waals surface area contributed by atoms with E-state index in [9.17, 15) is 0 Å². The van der Waals surface area contributed by atoms with E-state index in [0.29, 0.717) is 0 Å². The second-order valence-corrected chi connectivity index (χ2v) is 2.65. The zero-order chi connectivity index (χ0) is 7.94. The highest BCUT2D eigenvalue weighted by Gasteiger charge is 1.89. The van der Waals surface area contributed by atoms with Gasteiger partial charge in [0.25, 0.3) is 0 Å². The number of nitrogens with one attached hydrogen (secondary N) is 1. The molecule has 0 atom stereocenters. The van der Waals surface area contributed by atoms with E-state index in [1.165, 1.54) is 5.57 Å². The standard InChI is InChI=1S/C10H15N/c1-11-9-10-7-5-3-2-4-6-8-10/h2-3,6-8,11H,4-5,9H2,1H3/b3-2?,8-6-,10-7+. The van der Waals surface area contributed by atoms with Crippen LogP contribution >= 0.6 is 0 Å². The molecular weight excluding hydrogens is 134 g/mol. The third-order valence-corrected chi connectivity index (χ3v) is 1.67. The monoisotopic (exact) mass is 149 g/mol. The van der Waals surface area contributed by atoms with E-state index in [-0.39, 0.29) is 0 Å². The quantitative estimate of drug-likeness (QED) is 0.592. The number of likely N-dealkylation sites (N-methyl/N-ethyl adjacent to an activating group) is 1. The molecule has 0 aromatic heterocycles. The summed E-state index contributed by atoms with van der Waals surface area (Å²) in [6.07, 6.45) is 13.2. The van der Waals surface area contributed by atoms with E-state index in [1.807, 2.05) is 7.05 Å². The molecule has 0 aliphatic heterocycles. The maximum Gasteiger partial charge on any atom is 0.0199 e.